The number of rotatable bonds is 26. The van der Waals surface area contributed by atoms with Gasteiger partial charge in [-0.15, -0.1) is 0 Å². The monoisotopic (exact) mass is 1380 g/mol. The minimum absolute atomic E-state index is 0.0631. The number of para-hydroxylation sites is 2. The van der Waals surface area contributed by atoms with Gasteiger partial charge in [-0.3, -0.25) is 38.3 Å². The van der Waals surface area contributed by atoms with Gasteiger partial charge in [-0.05, 0) is 135 Å². The number of nitrogens with zero attached hydrogens (tertiary/aromatic N) is 2. The summed E-state index contributed by atoms with van der Waals surface area (Å²) in [6.07, 6.45) is 5.76. The highest BCUT2D eigenvalue weighted by Gasteiger charge is 2.45. The van der Waals surface area contributed by atoms with Gasteiger partial charge in [0, 0.05) is 108 Å². The number of aromatic amines is 2. The fourth-order valence-corrected chi connectivity index (χ4v) is 14.6. The molecule has 4 heterocycles. The minimum Gasteiger partial charge on any atom is -0.493 e. The van der Waals surface area contributed by atoms with E-state index in [-0.39, 0.29) is 59.8 Å². The number of anilines is 2. The first-order valence-electron chi connectivity index (χ1n) is 35.3. The maximum Gasteiger partial charge on any atom is 0.330 e. The van der Waals surface area contributed by atoms with Crippen molar-refractivity contribution in [3.63, 3.8) is 0 Å². The lowest BCUT2D eigenvalue weighted by Crippen LogP contribution is -2.43. The van der Waals surface area contributed by atoms with Crippen molar-refractivity contribution in [2.75, 3.05) is 50.3 Å². The Bertz CT molecular complexity index is 3720. The summed E-state index contributed by atoms with van der Waals surface area (Å²) >= 11 is 0. The minimum atomic E-state index is -2.28. The Morgan fingerprint density at radius 2 is 0.796 bits per heavy atom. The van der Waals surface area contributed by atoms with E-state index >= 15 is 0 Å². The molecular formula is C76H106N6O14Si2. The summed E-state index contributed by atoms with van der Waals surface area (Å²) in [6.45, 7) is 35.6. The van der Waals surface area contributed by atoms with Crippen LogP contribution in [0.1, 0.15) is 189 Å². The molecule has 0 radical (unpaired) electrons. The van der Waals surface area contributed by atoms with Gasteiger partial charge in [0.15, 0.2) is 16.6 Å². The number of nitrogens with one attached hydrogen (secondary N) is 4. The fraction of sp³-hybridized carbons (Fsp3) is 0.553. The maximum atomic E-state index is 14.9. The number of ether oxygens (including phenoxy) is 6. The third-order valence-electron chi connectivity index (χ3n) is 20.1. The van der Waals surface area contributed by atoms with Gasteiger partial charge in [-0.2, -0.15) is 0 Å². The number of carbonyl (C=O) groups excluding carboxylic acids is 2. The van der Waals surface area contributed by atoms with Crippen LogP contribution in [0, 0.1) is 25.7 Å². The Hall–Kier alpha value is -7.35. The molecule has 532 valence electrons. The van der Waals surface area contributed by atoms with Crippen molar-refractivity contribution in [2.24, 2.45) is 11.8 Å². The maximum absolute atomic E-state index is 14.9. The van der Waals surface area contributed by atoms with Gasteiger partial charge in [0.1, 0.15) is 35.5 Å². The van der Waals surface area contributed by atoms with Crippen molar-refractivity contribution in [2.45, 2.75) is 221 Å². The van der Waals surface area contributed by atoms with Crippen molar-refractivity contribution in [1.82, 2.24) is 19.1 Å². The predicted molar refractivity (Wildman–Crippen MR) is 389 cm³/mol. The summed E-state index contributed by atoms with van der Waals surface area (Å²) in [6, 6.07) is 20.4. The van der Waals surface area contributed by atoms with Crippen molar-refractivity contribution >= 4 is 39.8 Å². The topological polar surface area (TPSA) is 242 Å². The van der Waals surface area contributed by atoms with Crippen molar-refractivity contribution in [3.8, 4) is 23.0 Å². The zero-order valence-corrected chi connectivity index (χ0v) is 62.7. The lowest BCUT2D eigenvalue weighted by Gasteiger charge is -2.37. The van der Waals surface area contributed by atoms with Crippen LogP contribution in [0.4, 0.5) is 11.4 Å². The summed E-state index contributed by atoms with van der Waals surface area (Å²) in [7, 11) is -4.57. The summed E-state index contributed by atoms with van der Waals surface area (Å²) in [4.78, 5) is 86.3. The molecule has 8 bridgehead atoms. The number of carbonyl (C=O) groups is 2. The van der Waals surface area contributed by atoms with E-state index in [1.54, 1.807) is 13.8 Å². The molecule has 2 saturated heterocycles. The number of aryl methyl sites for hydroxylation is 2. The standard InChI is InChI=1S/C76H106N6O14Si2/c1-17-27-89-67-49-23-21-24-50(67)32-56-36-60(78-64(84)40-54-42-66(82-44-48(6)72(86)80-74(82)88)96-62(54)46-94-98(15,16)76(10,11)12)38-58(70(56)92-30-20-4)34-52-26-22-25-51(68(52)90-28-18-2)33-57-37-59(35-55(31-49)69(57)91-29-19-3)77-63(83)39-53-41-65(81-43-47(5)71(85)79-73(81)87)95-61(53)45-93-97(13,14)75(7,8)9/h21-26,35-38,43-44,53-54,61-62,65-66H,17-20,27-34,39-42,45-46H2,1-16H3,(H,77,83)(H,78,84)(H,79,85,87)(H,80,86,88)/t53-,54-,61+,62?,65+,66+/m0/s1. The van der Waals surface area contributed by atoms with Crippen LogP contribution in [0.15, 0.2) is 92.2 Å². The van der Waals surface area contributed by atoms with E-state index in [1.165, 1.54) is 21.5 Å². The summed E-state index contributed by atoms with van der Waals surface area (Å²) in [5.74, 6) is 1.67. The van der Waals surface area contributed by atoms with E-state index in [2.05, 4.69) is 140 Å². The number of amides is 2. The summed E-state index contributed by atoms with van der Waals surface area (Å²) in [5.41, 5.74) is 6.81. The van der Waals surface area contributed by atoms with Crippen LogP contribution in [-0.2, 0) is 53.6 Å². The summed E-state index contributed by atoms with van der Waals surface area (Å²) in [5, 5.41) is 6.47. The smallest absolute Gasteiger partial charge is 0.330 e. The first-order chi connectivity index (χ1) is 46.4. The summed E-state index contributed by atoms with van der Waals surface area (Å²) < 4.78 is 57.1. The molecule has 20 nitrogen and oxygen atoms in total. The van der Waals surface area contributed by atoms with E-state index in [0.717, 1.165) is 70.2 Å². The van der Waals surface area contributed by atoms with Crippen LogP contribution >= 0.6 is 0 Å². The highest BCUT2D eigenvalue weighted by atomic mass is 28.4. The average Bonchev–Trinajstić information content (AvgIpc) is 1.37. The number of hydrogen-bond acceptors (Lipinski definition) is 14. The molecule has 3 aliphatic rings. The lowest BCUT2D eigenvalue weighted by molar-refractivity contribution is -0.118. The van der Waals surface area contributed by atoms with E-state index in [4.69, 9.17) is 37.3 Å². The Kier molecular flexibility index (Phi) is 24.4. The molecule has 1 unspecified atom stereocenters. The number of aromatic nitrogens is 4. The van der Waals surface area contributed by atoms with Crippen LogP contribution in [0.5, 0.6) is 23.0 Å². The van der Waals surface area contributed by atoms with Crippen LogP contribution in [-0.4, -0.2) is 99.4 Å². The second kappa shape index (κ2) is 31.9. The lowest BCUT2D eigenvalue weighted by atomic mass is 9.90. The third kappa shape index (κ3) is 18.0. The quantitative estimate of drug-likeness (QED) is 0.0369. The van der Waals surface area contributed by atoms with Crippen LogP contribution in [0.2, 0.25) is 36.3 Å². The van der Waals surface area contributed by atoms with Gasteiger partial charge in [0.2, 0.25) is 11.8 Å². The molecule has 4 N–H and O–H groups in total. The predicted octanol–water partition coefficient (Wildman–Crippen LogP) is 13.7. The number of hydrogen-bond donors (Lipinski definition) is 4. The molecule has 1 aliphatic carbocycles. The van der Waals surface area contributed by atoms with E-state index in [1.807, 2.05) is 36.4 Å². The van der Waals surface area contributed by atoms with Gasteiger partial charge in [0.25, 0.3) is 11.1 Å². The normalized spacial score (nSPS) is 18.9. The molecule has 2 fully saturated rings. The highest BCUT2D eigenvalue weighted by Crippen LogP contribution is 2.45. The van der Waals surface area contributed by atoms with Gasteiger partial charge in [-0.1, -0.05) is 106 Å². The Morgan fingerprint density at radius 3 is 1.08 bits per heavy atom. The molecule has 2 aromatic heterocycles. The fourth-order valence-electron chi connectivity index (χ4n) is 12.6. The molecule has 2 amide bonds. The third-order valence-corrected chi connectivity index (χ3v) is 29.1. The molecule has 0 spiro atoms. The Labute approximate surface area is 579 Å². The zero-order valence-electron chi connectivity index (χ0n) is 60.7. The highest BCUT2D eigenvalue weighted by molar-refractivity contribution is 6.74. The average molecular weight is 1380 g/mol. The first-order valence-corrected chi connectivity index (χ1v) is 41.1. The first kappa shape index (κ1) is 74.9. The second-order valence-corrected chi connectivity index (χ2v) is 39.6. The Morgan fingerprint density at radius 1 is 0.500 bits per heavy atom. The molecular weight excluding hydrogens is 1280 g/mol. The van der Waals surface area contributed by atoms with Crippen molar-refractivity contribution in [1.29, 1.82) is 0 Å². The second-order valence-electron chi connectivity index (χ2n) is 30.0. The van der Waals surface area contributed by atoms with E-state index < -0.39 is 63.8 Å². The molecule has 2 aliphatic heterocycles. The number of fused-ring (bicyclic) bond motifs is 8. The molecule has 6 aromatic rings. The van der Waals surface area contributed by atoms with E-state index in [9.17, 15) is 28.8 Å². The van der Waals surface area contributed by atoms with Crippen LogP contribution in [0.25, 0.3) is 0 Å². The van der Waals surface area contributed by atoms with Gasteiger partial charge >= 0.3 is 11.4 Å². The molecule has 4 aromatic carbocycles. The van der Waals surface area contributed by atoms with Gasteiger partial charge in [-0.25, -0.2) is 9.59 Å². The van der Waals surface area contributed by atoms with Crippen molar-refractivity contribution < 1.29 is 46.9 Å². The number of H-pyrrole nitrogens is 2. The molecule has 0 saturated carbocycles. The molecule has 98 heavy (non-hydrogen) atoms. The number of benzene rings is 4. The van der Waals surface area contributed by atoms with E-state index in [0.29, 0.717) is 110 Å². The Balaban J connectivity index is 1.11. The molecule has 9 rings (SSSR count). The van der Waals surface area contributed by atoms with Crippen LogP contribution < -0.4 is 52.1 Å². The van der Waals surface area contributed by atoms with Crippen LogP contribution in [0.3, 0.4) is 0 Å². The molecule has 22 heteroatoms. The largest absolute Gasteiger partial charge is 0.493 e. The SMILES string of the molecule is CCCOc1c2cccc1Cc1cc(NC(=O)C[C@H]3C[C@H](n4cc(C)c(=O)[nH]c4=O)O[C@@H]3CO[Si](C)(C)C(C)(C)C)cc(c1OCCC)Cc1cccc(c1OCCC)Cc1cc(NC(=O)C[C@H]3C[C@H](n4cc(C)c(=O)[nH]c4=O)OC3CO[Si](C)(C)C(C)(C)C)cc(c1OCCC)C2. The zero-order chi connectivity index (χ0) is 71.0. The van der Waals surface area contributed by atoms with Crippen molar-refractivity contribution in [3.05, 3.63) is 170 Å². The van der Waals surface area contributed by atoms with Gasteiger partial charge in [0.05, 0.1) is 51.8 Å². The van der Waals surface area contributed by atoms with Gasteiger partial charge < -0.3 is 47.9 Å². The molecule has 6 atom stereocenters.